The second-order valence-corrected chi connectivity index (χ2v) is 3.31. The van der Waals surface area contributed by atoms with Gasteiger partial charge in [0.1, 0.15) is 5.82 Å². The molecule has 17 heavy (non-hydrogen) atoms. The quantitative estimate of drug-likeness (QED) is 0.456. The second-order valence-electron chi connectivity index (χ2n) is 3.31. The maximum absolute atomic E-state index is 12.7. The number of esters is 1. The Morgan fingerprint density at radius 1 is 1.41 bits per heavy atom. The van der Waals surface area contributed by atoms with Crippen molar-refractivity contribution in [2.24, 2.45) is 0 Å². The van der Waals surface area contributed by atoms with E-state index in [1.54, 1.807) is 13.8 Å². The Balaban J connectivity index is 3.13. The molecule has 1 aromatic rings. The van der Waals surface area contributed by atoms with E-state index in [0.29, 0.717) is 11.1 Å². The van der Waals surface area contributed by atoms with E-state index >= 15 is 0 Å². The smallest absolute Gasteiger partial charge is 0.336 e. The van der Waals surface area contributed by atoms with E-state index in [-0.39, 0.29) is 18.1 Å². The lowest BCUT2D eigenvalue weighted by Gasteiger charge is -2.05. The van der Waals surface area contributed by atoms with E-state index in [9.17, 15) is 9.18 Å². The fourth-order valence-corrected chi connectivity index (χ4v) is 1.32. The van der Waals surface area contributed by atoms with Gasteiger partial charge in [-0.1, -0.05) is 12.1 Å². The Morgan fingerprint density at radius 3 is 2.47 bits per heavy atom. The molecule has 4 heteroatoms. The number of allylic oxidation sites excluding steroid dienone is 1. The van der Waals surface area contributed by atoms with Crippen molar-refractivity contribution in [2.45, 2.75) is 13.8 Å². The highest BCUT2D eigenvalue weighted by atomic mass is 19.1. The van der Waals surface area contributed by atoms with Crippen LogP contribution in [0.2, 0.25) is 0 Å². The summed E-state index contributed by atoms with van der Waals surface area (Å²) in [5.41, 5.74) is 1.04. The maximum Gasteiger partial charge on any atom is 0.336 e. The van der Waals surface area contributed by atoms with Crippen molar-refractivity contribution in [1.29, 1.82) is 0 Å². The predicted molar refractivity (Wildman–Crippen MR) is 62.2 cm³/mol. The zero-order valence-corrected chi connectivity index (χ0v) is 9.66. The molecule has 0 N–H and O–H groups in total. The van der Waals surface area contributed by atoms with E-state index < -0.39 is 5.97 Å². The van der Waals surface area contributed by atoms with Crippen molar-refractivity contribution >= 4 is 11.5 Å². The van der Waals surface area contributed by atoms with Gasteiger partial charge in [-0.05, 0) is 37.1 Å². The molecule has 0 atom stereocenters. The van der Waals surface area contributed by atoms with E-state index in [1.807, 2.05) is 0 Å². The predicted octanol–water partition coefficient (Wildman–Crippen LogP) is 3.04. The Kier molecular flexibility index (Phi) is 4.41. The summed E-state index contributed by atoms with van der Waals surface area (Å²) in [6.45, 7) is 10.5. The first-order valence-electron chi connectivity index (χ1n) is 5.11. The molecular formula is C13H12FNO2. The molecule has 0 saturated carbocycles. The van der Waals surface area contributed by atoms with Gasteiger partial charge in [0.05, 0.1) is 13.2 Å². The molecule has 0 bridgehead atoms. The summed E-state index contributed by atoms with van der Waals surface area (Å²) >= 11 is 0. The van der Waals surface area contributed by atoms with Crippen molar-refractivity contribution in [2.75, 3.05) is 6.61 Å². The summed E-state index contributed by atoms with van der Waals surface area (Å²) in [6.07, 6.45) is 0. The highest BCUT2D eigenvalue weighted by Gasteiger charge is 2.15. The number of carbonyl (C=O) groups excluding carboxylic acids is 1. The first kappa shape index (κ1) is 12.9. The molecule has 0 amide bonds. The van der Waals surface area contributed by atoms with Crippen LogP contribution >= 0.6 is 0 Å². The minimum atomic E-state index is -0.649. The molecule has 0 radical (unpaired) electrons. The molecule has 0 fully saturated rings. The van der Waals surface area contributed by atoms with E-state index in [1.165, 1.54) is 24.3 Å². The second kappa shape index (κ2) is 5.80. The largest absolute Gasteiger partial charge is 0.471 e. The normalized spacial score (nSPS) is 11.4. The molecule has 0 aromatic heterocycles. The van der Waals surface area contributed by atoms with Gasteiger partial charge in [-0.3, -0.25) is 4.79 Å². The number of hydrogen-bond donors (Lipinski definition) is 0. The average molecular weight is 233 g/mol. The lowest BCUT2D eigenvalue weighted by Crippen LogP contribution is -2.06. The van der Waals surface area contributed by atoms with Crippen LogP contribution in [0.25, 0.3) is 10.4 Å². The van der Waals surface area contributed by atoms with E-state index in [4.69, 9.17) is 11.3 Å². The number of carbonyl (C=O) groups is 1. The van der Waals surface area contributed by atoms with Crippen molar-refractivity contribution < 1.29 is 13.9 Å². The average Bonchev–Trinajstić information content (AvgIpc) is 2.31. The van der Waals surface area contributed by atoms with Crippen LogP contribution in [0.5, 0.6) is 0 Å². The molecule has 1 aromatic carbocycles. The molecule has 0 spiro atoms. The van der Waals surface area contributed by atoms with Gasteiger partial charge in [0.15, 0.2) is 0 Å². The first-order chi connectivity index (χ1) is 8.10. The number of benzene rings is 1. The Morgan fingerprint density at radius 2 is 2.00 bits per heavy atom. The van der Waals surface area contributed by atoms with Crippen molar-refractivity contribution in [3.8, 4) is 0 Å². The van der Waals surface area contributed by atoms with Gasteiger partial charge >= 0.3 is 5.97 Å². The molecule has 0 saturated heterocycles. The summed E-state index contributed by atoms with van der Waals surface area (Å²) in [6, 6.07) is 5.61. The van der Waals surface area contributed by atoms with Crippen LogP contribution in [0.15, 0.2) is 30.0 Å². The number of halogens is 1. The van der Waals surface area contributed by atoms with Gasteiger partial charge in [0, 0.05) is 0 Å². The molecule has 88 valence electrons. The van der Waals surface area contributed by atoms with Crippen LogP contribution in [0.3, 0.4) is 0 Å². The maximum atomic E-state index is 12.7. The van der Waals surface area contributed by atoms with E-state index in [0.717, 1.165) is 0 Å². The highest BCUT2D eigenvalue weighted by molar-refractivity contribution is 5.99. The fourth-order valence-electron chi connectivity index (χ4n) is 1.32. The van der Waals surface area contributed by atoms with Crippen molar-refractivity contribution in [3.05, 3.63) is 52.8 Å². The lowest BCUT2D eigenvalue weighted by molar-refractivity contribution is -0.138. The standard InChI is InChI=1S/C13H12FNO2/c1-4-17-13(16)12(15-3)9(2)10-5-7-11(14)8-6-10/h5-8H,4H2,1-2H3/b12-9-. The summed E-state index contributed by atoms with van der Waals surface area (Å²) < 4.78 is 17.5. The van der Waals surface area contributed by atoms with Crippen LogP contribution < -0.4 is 0 Å². The van der Waals surface area contributed by atoms with Crippen molar-refractivity contribution in [3.63, 3.8) is 0 Å². The summed E-state index contributed by atoms with van der Waals surface area (Å²) in [5.74, 6) is -1.01. The summed E-state index contributed by atoms with van der Waals surface area (Å²) in [7, 11) is 0. The third-order valence-corrected chi connectivity index (χ3v) is 2.21. The minimum absolute atomic E-state index is 0.0709. The fraction of sp³-hybridized carbons (Fsp3) is 0.231. The minimum Gasteiger partial charge on any atom is -0.471 e. The van der Waals surface area contributed by atoms with Crippen LogP contribution in [0.1, 0.15) is 19.4 Å². The number of hydrogen-bond acceptors (Lipinski definition) is 2. The van der Waals surface area contributed by atoms with Gasteiger partial charge in [-0.25, -0.2) is 9.24 Å². The number of nitrogens with zero attached hydrogens (tertiary/aromatic N) is 1. The Hall–Kier alpha value is -2.15. The molecule has 0 aliphatic rings. The Labute approximate surface area is 99.3 Å². The monoisotopic (exact) mass is 233 g/mol. The molecule has 0 aliphatic carbocycles. The zero-order chi connectivity index (χ0) is 12.8. The highest BCUT2D eigenvalue weighted by Crippen LogP contribution is 2.20. The number of ether oxygens (including phenoxy) is 1. The molecule has 0 aliphatic heterocycles. The molecule has 0 unspecified atom stereocenters. The van der Waals surface area contributed by atoms with Gasteiger partial charge in [0.2, 0.25) is 0 Å². The topological polar surface area (TPSA) is 30.7 Å². The Bertz CT molecular complexity index is 483. The van der Waals surface area contributed by atoms with Gasteiger partial charge < -0.3 is 4.74 Å². The van der Waals surface area contributed by atoms with Crippen LogP contribution in [-0.4, -0.2) is 12.6 Å². The van der Waals surface area contributed by atoms with Crippen LogP contribution in [0.4, 0.5) is 4.39 Å². The van der Waals surface area contributed by atoms with Gasteiger partial charge in [-0.15, -0.1) is 0 Å². The molecule has 0 heterocycles. The third-order valence-electron chi connectivity index (χ3n) is 2.21. The van der Waals surface area contributed by atoms with E-state index in [2.05, 4.69) is 4.85 Å². The lowest BCUT2D eigenvalue weighted by atomic mass is 10.1. The van der Waals surface area contributed by atoms with Gasteiger partial charge in [-0.2, -0.15) is 0 Å². The third kappa shape index (κ3) is 3.15. The van der Waals surface area contributed by atoms with Gasteiger partial charge in [0.25, 0.3) is 5.70 Å². The van der Waals surface area contributed by atoms with Crippen molar-refractivity contribution in [1.82, 2.24) is 0 Å². The summed E-state index contributed by atoms with van der Waals surface area (Å²) in [5, 5.41) is 0. The molecular weight excluding hydrogens is 221 g/mol. The number of rotatable bonds is 3. The molecule has 3 nitrogen and oxygen atoms in total. The first-order valence-corrected chi connectivity index (χ1v) is 5.11. The summed E-state index contributed by atoms with van der Waals surface area (Å²) in [4.78, 5) is 14.7. The zero-order valence-electron chi connectivity index (χ0n) is 9.66. The SMILES string of the molecule is [C-]#[N+]/C(C(=O)OCC)=C(/C)c1ccc(F)cc1. The van der Waals surface area contributed by atoms with Crippen LogP contribution in [-0.2, 0) is 9.53 Å². The van der Waals surface area contributed by atoms with Crippen LogP contribution in [0, 0.1) is 12.4 Å². The molecule has 1 rings (SSSR count).